The monoisotopic (exact) mass is 269 g/mol. The van der Waals surface area contributed by atoms with Crippen molar-refractivity contribution in [2.24, 2.45) is 0 Å². The number of carbonyl (C=O) groups excluding carboxylic acids is 2. The SMILES string of the molecule is CCOC(=O)CCN(C)C(=O)CCc1cccs1. The Hall–Kier alpha value is -1.36. The number of amides is 1. The maximum absolute atomic E-state index is 11.8. The average molecular weight is 269 g/mol. The van der Waals surface area contributed by atoms with Crippen LogP contribution < -0.4 is 0 Å². The molecule has 0 radical (unpaired) electrons. The molecule has 0 unspecified atom stereocenters. The molecule has 0 saturated carbocycles. The number of ether oxygens (including phenoxy) is 1. The van der Waals surface area contributed by atoms with E-state index in [4.69, 9.17) is 4.74 Å². The Bertz CT molecular complexity index is 376. The summed E-state index contributed by atoms with van der Waals surface area (Å²) in [5.41, 5.74) is 0. The predicted molar refractivity (Wildman–Crippen MR) is 71.5 cm³/mol. The van der Waals surface area contributed by atoms with Crippen LogP contribution in [-0.4, -0.2) is 37.0 Å². The van der Waals surface area contributed by atoms with Crippen molar-refractivity contribution in [3.63, 3.8) is 0 Å². The lowest BCUT2D eigenvalue weighted by atomic mass is 10.2. The summed E-state index contributed by atoms with van der Waals surface area (Å²) in [6.07, 6.45) is 1.51. The highest BCUT2D eigenvalue weighted by Crippen LogP contribution is 2.11. The third-order valence-corrected chi connectivity index (χ3v) is 3.48. The number of esters is 1. The number of hydrogen-bond acceptors (Lipinski definition) is 4. The summed E-state index contributed by atoms with van der Waals surface area (Å²) in [5.74, 6) is -0.192. The van der Waals surface area contributed by atoms with Crippen LogP contribution in [-0.2, 0) is 20.7 Å². The fourth-order valence-corrected chi connectivity index (χ4v) is 2.20. The minimum absolute atomic E-state index is 0.0627. The third kappa shape index (κ3) is 5.31. The summed E-state index contributed by atoms with van der Waals surface area (Å²) in [4.78, 5) is 25.7. The zero-order chi connectivity index (χ0) is 13.4. The van der Waals surface area contributed by atoms with Crippen molar-refractivity contribution in [2.75, 3.05) is 20.2 Å². The van der Waals surface area contributed by atoms with E-state index >= 15 is 0 Å². The molecule has 0 aliphatic carbocycles. The Balaban J connectivity index is 2.22. The van der Waals surface area contributed by atoms with Crippen LogP contribution in [0.2, 0.25) is 0 Å². The van der Waals surface area contributed by atoms with E-state index in [1.165, 1.54) is 4.88 Å². The third-order valence-electron chi connectivity index (χ3n) is 2.55. The van der Waals surface area contributed by atoms with E-state index in [1.54, 1.807) is 30.2 Å². The first-order chi connectivity index (χ1) is 8.63. The van der Waals surface area contributed by atoms with Crippen LogP contribution >= 0.6 is 11.3 Å². The van der Waals surface area contributed by atoms with Gasteiger partial charge in [0.1, 0.15) is 0 Å². The van der Waals surface area contributed by atoms with E-state index in [9.17, 15) is 9.59 Å². The standard InChI is InChI=1S/C13H19NO3S/c1-3-17-13(16)8-9-14(2)12(15)7-6-11-5-4-10-18-11/h4-5,10H,3,6-9H2,1-2H3. The van der Waals surface area contributed by atoms with Gasteiger partial charge in [-0.05, 0) is 24.8 Å². The van der Waals surface area contributed by atoms with Crippen molar-refractivity contribution in [2.45, 2.75) is 26.2 Å². The number of carbonyl (C=O) groups is 2. The van der Waals surface area contributed by atoms with E-state index in [2.05, 4.69) is 0 Å². The highest BCUT2D eigenvalue weighted by molar-refractivity contribution is 7.09. The summed E-state index contributed by atoms with van der Waals surface area (Å²) < 4.78 is 4.82. The number of rotatable bonds is 7. The highest BCUT2D eigenvalue weighted by atomic mass is 32.1. The molecule has 0 N–H and O–H groups in total. The van der Waals surface area contributed by atoms with Crippen LogP contribution in [0.15, 0.2) is 17.5 Å². The van der Waals surface area contributed by atoms with Crippen LogP contribution in [0.4, 0.5) is 0 Å². The molecule has 0 saturated heterocycles. The minimum Gasteiger partial charge on any atom is -0.466 e. The van der Waals surface area contributed by atoms with Crippen molar-refractivity contribution >= 4 is 23.2 Å². The Labute approximate surface area is 112 Å². The van der Waals surface area contributed by atoms with Crippen molar-refractivity contribution in [3.05, 3.63) is 22.4 Å². The van der Waals surface area contributed by atoms with Gasteiger partial charge in [-0.2, -0.15) is 0 Å². The summed E-state index contributed by atoms with van der Waals surface area (Å²) in [6.45, 7) is 2.57. The van der Waals surface area contributed by atoms with Gasteiger partial charge in [-0.1, -0.05) is 6.07 Å². The second-order valence-electron chi connectivity index (χ2n) is 3.95. The van der Waals surface area contributed by atoms with Crippen LogP contribution in [0.1, 0.15) is 24.6 Å². The van der Waals surface area contributed by atoms with Crippen molar-refractivity contribution < 1.29 is 14.3 Å². The van der Waals surface area contributed by atoms with Gasteiger partial charge in [0, 0.05) is 24.9 Å². The second kappa shape index (κ2) is 7.87. The van der Waals surface area contributed by atoms with Gasteiger partial charge >= 0.3 is 5.97 Å². The predicted octanol–water partition coefficient (Wildman–Crippen LogP) is 2.09. The van der Waals surface area contributed by atoms with E-state index < -0.39 is 0 Å². The van der Waals surface area contributed by atoms with Gasteiger partial charge in [-0.25, -0.2) is 0 Å². The fraction of sp³-hybridized carbons (Fsp3) is 0.538. The van der Waals surface area contributed by atoms with Crippen LogP contribution in [0.3, 0.4) is 0 Å². The minimum atomic E-state index is -0.254. The molecule has 0 bridgehead atoms. The fourth-order valence-electron chi connectivity index (χ4n) is 1.49. The van der Waals surface area contributed by atoms with Gasteiger partial charge < -0.3 is 9.64 Å². The maximum Gasteiger partial charge on any atom is 0.307 e. The highest BCUT2D eigenvalue weighted by Gasteiger charge is 2.11. The molecular formula is C13H19NO3S. The van der Waals surface area contributed by atoms with Gasteiger partial charge in [0.25, 0.3) is 0 Å². The van der Waals surface area contributed by atoms with Crippen molar-refractivity contribution in [1.29, 1.82) is 0 Å². The number of nitrogens with zero attached hydrogens (tertiary/aromatic N) is 1. The van der Waals surface area contributed by atoms with Crippen molar-refractivity contribution in [1.82, 2.24) is 4.90 Å². The van der Waals surface area contributed by atoms with Gasteiger partial charge in [0.15, 0.2) is 0 Å². The molecule has 0 atom stereocenters. The molecule has 0 aliphatic rings. The first-order valence-corrected chi connectivity index (χ1v) is 6.93. The lowest BCUT2D eigenvalue weighted by Crippen LogP contribution is -2.29. The Kier molecular flexibility index (Phi) is 6.43. The zero-order valence-corrected chi connectivity index (χ0v) is 11.7. The quantitative estimate of drug-likeness (QED) is 0.712. The first kappa shape index (κ1) is 14.7. The molecule has 0 spiro atoms. The van der Waals surface area contributed by atoms with Crippen LogP contribution in [0.5, 0.6) is 0 Å². The molecule has 1 aromatic heterocycles. The van der Waals surface area contributed by atoms with E-state index in [1.807, 2.05) is 17.5 Å². The molecule has 4 nitrogen and oxygen atoms in total. The van der Waals surface area contributed by atoms with Gasteiger partial charge in [0.2, 0.25) is 5.91 Å². The normalized spacial score (nSPS) is 10.1. The largest absolute Gasteiger partial charge is 0.466 e. The molecule has 1 heterocycles. The lowest BCUT2D eigenvalue weighted by Gasteiger charge is -2.16. The second-order valence-corrected chi connectivity index (χ2v) is 4.98. The van der Waals surface area contributed by atoms with E-state index in [-0.39, 0.29) is 18.3 Å². The summed E-state index contributed by atoms with van der Waals surface area (Å²) in [5, 5.41) is 2.00. The van der Waals surface area contributed by atoms with Crippen molar-refractivity contribution in [3.8, 4) is 0 Å². The molecular weight excluding hydrogens is 250 g/mol. The molecule has 5 heteroatoms. The van der Waals surface area contributed by atoms with Gasteiger partial charge in [-0.15, -0.1) is 11.3 Å². The zero-order valence-electron chi connectivity index (χ0n) is 10.8. The maximum atomic E-state index is 11.8. The van der Waals surface area contributed by atoms with Gasteiger partial charge in [-0.3, -0.25) is 9.59 Å². The molecule has 1 amide bonds. The van der Waals surface area contributed by atoms with Crippen LogP contribution in [0.25, 0.3) is 0 Å². The lowest BCUT2D eigenvalue weighted by molar-refractivity contribution is -0.143. The Morgan fingerprint density at radius 2 is 2.17 bits per heavy atom. The summed E-state index contributed by atoms with van der Waals surface area (Å²) in [6, 6.07) is 4.01. The van der Waals surface area contributed by atoms with Crippen LogP contribution in [0, 0.1) is 0 Å². The number of aryl methyl sites for hydroxylation is 1. The Morgan fingerprint density at radius 3 is 2.78 bits per heavy atom. The van der Waals surface area contributed by atoms with Gasteiger partial charge in [0.05, 0.1) is 13.0 Å². The number of thiophene rings is 1. The summed E-state index contributed by atoms with van der Waals surface area (Å²) in [7, 11) is 1.72. The molecule has 1 aromatic rings. The molecule has 0 aromatic carbocycles. The summed E-state index contributed by atoms with van der Waals surface area (Å²) >= 11 is 1.66. The first-order valence-electron chi connectivity index (χ1n) is 6.05. The number of hydrogen-bond donors (Lipinski definition) is 0. The molecule has 0 fully saturated rings. The smallest absolute Gasteiger partial charge is 0.307 e. The topological polar surface area (TPSA) is 46.6 Å². The molecule has 100 valence electrons. The van der Waals surface area contributed by atoms with E-state index in [0.29, 0.717) is 19.6 Å². The molecule has 0 aliphatic heterocycles. The average Bonchev–Trinajstić information content (AvgIpc) is 2.86. The molecule has 1 rings (SSSR count). The van der Waals surface area contributed by atoms with E-state index in [0.717, 1.165) is 6.42 Å². The molecule has 18 heavy (non-hydrogen) atoms. The Morgan fingerprint density at radius 1 is 1.39 bits per heavy atom.